The molecule has 0 saturated carbocycles. The van der Waals surface area contributed by atoms with Crippen LogP contribution in [0.4, 0.5) is 5.82 Å². The Kier molecular flexibility index (Phi) is 7.47. The molecule has 0 aliphatic rings. The fourth-order valence-corrected chi connectivity index (χ4v) is 7.80. The van der Waals surface area contributed by atoms with E-state index in [2.05, 4.69) is 46.7 Å². The van der Waals surface area contributed by atoms with Crippen LogP contribution in [-0.2, 0) is 4.74 Å². The standard InChI is InChI=1S/C30H27N4O3P/c1-3-37-30(35)28-29(34(33-31-28)23-19-21-24(36-2)22-20-23)32-38(25-13-7-4-8-14-25,26-15-9-5-10-16-26)27-17-11-6-12-18-27/h4-22H,3H2,1-2H3. The van der Waals surface area contributed by atoms with Crippen molar-refractivity contribution in [2.75, 3.05) is 13.7 Å². The molecule has 1 heterocycles. The van der Waals surface area contributed by atoms with Gasteiger partial charge in [0.1, 0.15) is 5.75 Å². The van der Waals surface area contributed by atoms with Crippen molar-refractivity contribution < 1.29 is 14.3 Å². The molecule has 8 heteroatoms. The second-order valence-electron chi connectivity index (χ2n) is 8.33. The maximum atomic E-state index is 13.1. The van der Waals surface area contributed by atoms with Crippen LogP contribution in [0.25, 0.3) is 5.69 Å². The highest BCUT2D eigenvalue weighted by atomic mass is 31.2. The van der Waals surface area contributed by atoms with Crippen LogP contribution in [0.2, 0.25) is 0 Å². The van der Waals surface area contributed by atoms with Gasteiger partial charge in [-0.2, -0.15) is 4.68 Å². The number of rotatable bonds is 8. The van der Waals surface area contributed by atoms with Gasteiger partial charge in [0, 0.05) is 15.9 Å². The van der Waals surface area contributed by atoms with E-state index in [9.17, 15) is 4.79 Å². The van der Waals surface area contributed by atoms with Crippen LogP contribution in [-0.4, -0.2) is 34.7 Å². The van der Waals surface area contributed by atoms with Gasteiger partial charge in [0.05, 0.1) is 26.5 Å². The first-order chi connectivity index (χ1) is 18.7. The molecule has 5 rings (SSSR count). The summed E-state index contributed by atoms with van der Waals surface area (Å²) in [6.45, 7) is 1.97. The van der Waals surface area contributed by atoms with Gasteiger partial charge in [-0.1, -0.05) is 96.2 Å². The van der Waals surface area contributed by atoms with Crippen molar-refractivity contribution in [2.45, 2.75) is 6.92 Å². The van der Waals surface area contributed by atoms with Crippen molar-refractivity contribution in [3.8, 4) is 11.4 Å². The Hall–Kier alpha value is -4.48. The van der Waals surface area contributed by atoms with E-state index in [-0.39, 0.29) is 12.3 Å². The van der Waals surface area contributed by atoms with E-state index in [1.54, 1.807) is 18.7 Å². The number of hydrogen-bond donors (Lipinski definition) is 0. The van der Waals surface area contributed by atoms with Crippen LogP contribution in [0.3, 0.4) is 0 Å². The number of carbonyl (C=O) groups excluding carboxylic acids is 1. The number of ether oxygens (including phenoxy) is 2. The van der Waals surface area contributed by atoms with E-state index in [1.807, 2.05) is 78.9 Å². The van der Waals surface area contributed by atoms with Crippen LogP contribution in [0.5, 0.6) is 5.75 Å². The molecule has 0 amide bonds. The minimum absolute atomic E-state index is 0.0647. The lowest BCUT2D eigenvalue weighted by Crippen LogP contribution is -2.25. The number of nitrogens with zero attached hydrogens (tertiary/aromatic N) is 4. The molecular weight excluding hydrogens is 495 g/mol. The molecular formula is C30H27N4O3P. The summed E-state index contributed by atoms with van der Waals surface area (Å²) in [4.78, 5) is 13.1. The van der Waals surface area contributed by atoms with Crippen molar-refractivity contribution in [3.05, 3.63) is 121 Å². The fraction of sp³-hybridized carbons (Fsp3) is 0.100. The van der Waals surface area contributed by atoms with E-state index < -0.39 is 13.0 Å². The zero-order chi connectivity index (χ0) is 26.4. The van der Waals surface area contributed by atoms with E-state index in [1.165, 1.54) is 0 Å². The Balaban J connectivity index is 1.90. The van der Waals surface area contributed by atoms with E-state index >= 15 is 0 Å². The van der Waals surface area contributed by atoms with E-state index in [0.717, 1.165) is 15.9 Å². The fourth-order valence-electron chi connectivity index (χ4n) is 4.29. The third-order valence-corrected chi connectivity index (χ3v) is 9.69. The number of carbonyl (C=O) groups is 1. The second kappa shape index (κ2) is 11.3. The lowest BCUT2D eigenvalue weighted by molar-refractivity contribution is 0.0520. The first kappa shape index (κ1) is 25.2. The highest BCUT2D eigenvalue weighted by Gasteiger charge is 2.31. The van der Waals surface area contributed by atoms with Crippen LogP contribution in [0.1, 0.15) is 17.4 Å². The van der Waals surface area contributed by atoms with Crippen molar-refractivity contribution in [1.29, 1.82) is 0 Å². The van der Waals surface area contributed by atoms with Gasteiger partial charge in [-0.3, -0.25) is 0 Å². The topological polar surface area (TPSA) is 78.6 Å². The van der Waals surface area contributed by atoms with Crippen molar-refractivity contribution >= 4 is 34.8 Å². The zero-order valence-electron chi connectivity index (χ0n) is 21.1. The second-order valence-corrected chi connectivity index (χ2v) is 11.4. The Morgan fingerprint density at radius 2 is 1.29 bits per heavy atom. The molecule has 0 aliphatic carbocycles. The summed E-state index contributed by atoms with van der Waals surface area (Å²) in [6, 6.07) is 37.9. The zero-order valence-corrected chi connectivity index (χ0v) is 22.0. The molecule has 7 nitrogen and oxygen atoms in total. The van der Waals surface area contributed by atoms with Crippen molar-refractivity contribution in [2.24, 2.45) is 4.74 Å². The molecule has 4 aromatic carbocycles. The van der Waals surface area contributed by atoms with Gasteiger partial charge in [0.25, 0.3) is 0 Å². The SMILES string of the molecule is CCOC(=O)c1nnn(-c2ccc(OC)cc2)c1N=P(c1ccccc1)(c1ccccc1)c1ccccc1. The highest BCUT2D eigenvalue weighted by Crippen LogP contribution is 2.49. The minimum Gasteiger partial charge on any atom is -0.497 e. The number of benzene rings is 4. The van der Waals surface area contributed by atoms with Gasteiger partial charge in [0.15, 0.2) is 5.82 Å². The summed E-state index contributed by atoms with van der Waals surface area (Å²) >= 11 is 0. The molecule has 190 valence electrons. The Bertz CT molecular complexity index is 1470. The summed E-state index contributed by atoms with van der Waals surface area (Å²) < 4.78 is 17.8. The Morgan fingerprint density at radius 3 is 1.74 bits per heavy atom. The first-order valence-corrected chi connectivity index (χ1v) is 14.0. The molecule has 0 aliphatic heterocycles. The molecule has 0 spiro atoms. The molecule has 5 aromatic rings. The molecule has 0 radical (unpaired) electrons. The molecule has 0 N–H and O–H groups in total. The van der Waals surface area contributed by atoms with Gasteiger partial charge in [-0.05, 0) is 31.2 Å². The van der Waals surface area contributed by atoms with Gasteiger partial charge in [0.2, 0.25) is 5.69 Å². The quantitative estimate of drug-likeness (QED) is 0.205. The molecule has 0 atom stereocenters. The van der Waals surface area contributed by atoms with Crippen molar-refractivity contribution in [1.82, 2.24) is 15.0 Å². The minimum atomic E-state index is -2.70. The summed E-state index contributed by atoms with van der Waals surface area (Å²) in [7, 11) is -1.08. The van der Waals surface area contributed by atoms with Gasteiger partial charge in [-0.15, -0.1) is 5.10 Å². The Labute approximate surface area is 221 Å². The number of aromatic nitrogens is 3. The number of hydrogen-bond acceptors (Lipinski definition) is 6. The summed E-state index contributed by atoms with van der Waals surface area (Å²) in [5, 5.41) is 11.7. The molecule has 0 unspecified atom stereocenters. The Morgan fingerprint density at radius 1 is 0.789 bits per heavy atom. The smallest absolute Gasteiger partial charge is 0.362 e. The van der Waals surface area contributed by atoms with E-state index in [4.69, 9.17) is 14.2 Å². The van der Waals surface area contributed by atoms with Crippen LogP contribution in [0.15, 0.2) is 120 Å². The third kappa shape index (κ3) is 4.76. The van der Waals surface area contributed by atoms with Crippen LogP contribution >= 0.6 is 7.05 Å². The van der Waals surface area contributed by atoms with E-state index in [0.29, 0.717) is 17.3 Å². The lowest BCUT2D eigenvalue weighted by atomic mass is 10.3. The van der Waals surface area contributed by atoms with Gasteiger partial charge >= 0.3 is 5.97 Å². The molecule has 0 bridgehead atoms. The number of methoxy groups -OCH3 is 1. The first-order valence-electron chi connectivity index (χ1n) is 12.2. The normalized spacial score (nSPS) is 11.1. The average Bonchev–Trinajstić information content (AvgIpc) is 3.41. The molecule has 0 fully saturated rings. The lowest BCUT2D eigenvalue weighted by Gasteiger charge is -2.27. The third-order valence-electron chi connectivity index (χ3n) is 6.07. The maximum Gasteiger partial charge on any atom is 0.362 e. The van der Waals surface area contributed by atoms with Crippen molar-refractivity contribution in [3.63, 3.8) is 0 Å². The average molecular weight is 523 g/mol. The molecule has 38 heavy (non-hydrogen) atoms. The predicted molar refractivity (Wildman–Crippen MR) is 151 cm³/mol. The monoisotopic (exact) mass is 522 g/mol. The number of esters is 1. The van der Waals surface area contributed by atoms with Gasteiger partial charge in [-0.25, -0.2) is 9.54 Å². The molecule has 1 aromatic heterocycles. The van der Waals surface area contributed by atoms with Crippen LogP contribution < -0.4 is 20.7 Å². The molecule has 0 saturated heterocycles. The summed E-state index contributed by atoms with van der Waals surface area (Å²) in [6.07, 6.45) is 0. The summed E-state index contributed by atoms with van der Waals surface area (Å²) in [5.74, 6) is 0.467. The maximum absolute atomic E-state index is 13.1. The predicted octanol–water partition coefficient (Wildman–Crippen LogP) is 5.26. The van der Waals surface area contributed by atoms with Gasteiger partial charge < -0.3 is 9.47 Å². The largest absolute Gasteiger partial charge is 0.497 e. The summed E-state index contributed by atoms with van der Waals surface area (Å²) in [5.41, 5.74) is 0.759. The highest BCUT2D eigenvalue weighted by molar-refractivity contribution is 7.87. The van der Waals surface area contributed by atoms with Crippen LogP contribution in [0, 0.1) is 0 Å².